The quantitative estimate of drug-likeness (QED) is 0.235. The molecule has 3 N–H and O–H groups in total. The molecule has 39 heavy (non-hydrogen) atoms. The second-order valence-electron chi connectivity index (χ2n) is 7.75. The molecule has 2 aromatic rings. The molecule has 0 radical (unpaired) electrons. The molecule has 1 aliphatic heterocycles. The van der Waals surface area contributed by atoms with Crippen molar-refractivity contribution < 1.29 is 50.6 Å². The average Bonchev–Trinajstić information content (AvgIpc) is 3.40. The molecule has 1 aliphatic rings. The van der Waals surface area contributed by atoms with E-state index in [9.17, 15) is 45.5 Å². The molecule has 0 aliphatic carbocycles. The molecule has 0 atom stereocenters. The Hall–Kier alpha value is -3.44. The summed E-state index contributed by atoms with van der Waals surface area (Å²) in [4.78, 5) is 48.1. The molecule has 8 nitrogen and oxygen atoms in total. The molecule has 0 unspecified atom stereocenters. The molecule has 17 heteroatoms. The van der Waals surface area contributed by atoms with Crippen LogP contribution in [0.5, 0.6) is 0 Å². The monoisotopic (exact) mass is 611 g/mol. The van der Waals surface area contributed by atoms with Crippen molar-refractivity contribution in [2.45, 2.75) is 12.4 Å². The lowest BCUT2D eigenvalue weighted by Gasteiger charge is -2.14. The first-order valence-electron chi connectivity index (χ1n) is 10.4. The molecule has 3 rings (SSSR count). The number of nitrogens with zero attached hydrogens (tertiary/aromatic N) is 1. The van der Waals surface area contributed by atoms with Crippen molar-refractivity contribution in [1.82, 2.24) is 15.5 Å². The first-order valence-corrected chi connectivity index (χ1v) is 12.5. The zero-order valence-electron chi connectivity index (χ0n) is 19.1. The van der Waals surface area contributed by atoms with E-state index in [2.05, 4.69) is 5.32 Å². The van der Waals surface area contributed by atoms with E-state index in [0.29, 0.717) is 17.0 Å². The molecule has 0 bridgehead atoms. The number of nitrogens with one attached hydrogen (secondary N) is 2. The summed E-state index contributed by atoms with van der Waals surface area (Å²) in [5, 5.41) is 14.1. The highest BCUT2D eigenvalue weighted by Crippen LogP contribution is 2.40. The standard InChI is InChI=1S/C22H15F6N3O5S3/c23-21(24,25)12-1-10(2-13(4-12)22(26,27)28)11-3-14(38-9-11)5-15-19(36)31(20(37)39-15)8-17(33)29-6-16(32)30-7-18(34)35/h1-5,9H,6-8H2,(H,29,33)(H,30,32)(H,34,35)/b15-5-. The molecule has 1 fully saturated rings. The number of carboxylic acid groups (broad SMARTS) is 1. The average molecular weight is 612 g/mol. The predicted octanol–water partition coefficient (Wildman–Crippen LogP) is 3.97. The molecule has 2 heterocycles. The summed E-state index contributed by atoms with van der Waals surface area (Å²) in [5.74, 6) is -3.49. The van der Waals surface area contributed by atoms with E-state index < -0.39 is 66.8 Å². The van der Waals surface area contributed by atoms with E-state index in [1.54, 1.807) is 0 Å². The number of carboxylic acids is 1. The van der Waals surface area contributed by atoms with Gasteiger partial charge < -0.3 is 15.7 Å². The Morgan fingerprint density at radius 1 is 0.923 bits per heavy atom. The first kappa shape index (κ1) is 30.1. The number of carbonyl (C=O) groups excluding carboxylic acids is 3. The van der Waals surface area contributed by atoms with E-state index in [4.69, 9.17) is 17.3 Å². The summed E-state index contributed by atoms with van der Waals surface area (Å²) >= 11 is 6.90. The lowest BCUT2D eigenvalue weighted by Crippen LogP contribution is -2.44. The van der Waals surface area contributed by atoms with Gasteiger partial charge >= 0.3 is 18.3 Å². The van der Waals surface area contributed by atoms with Gasteiger partial charge in [0.1, 0.15) is 17.4 Å². The minimum absolute atomic E-state index is 0.00112. The van der Waals surface area contributed by atoms with Crippen molar-refractivity contribution in [2.75, 3.05) is 19.6 Å². The largest absolute Gasteiger partial charge is 0.480 e. The highest BCUT2D eigenvalue weighted by molar-refractivity contribution is 8.26. The first-order chi connectivity index (χ1) is 18.0. The van der Waals surface area contributed by atoms with E-state index in [-0.39, 0.29) is 26.4 Å². The number of aliphatic carboxylic acids is 1. The van der Waals surface area contributed by atoms with Gasteiger partial charge in [0.2, 0.25) is 11.8 Å². The van der Waals surface area contributed by atoms with Crippen LogP contribution in [0.1, 0.15) is 16.0 Å². The third-order valence-corrected chi connectivity index (χ3v) is 7.13. The minimum Gasteiger partial charge on any atom is -0.480 e. The van der Waals surface area contributed by atoms with Gasteiger partial charge in [-0.05, 0) is 46.8 Å². The third-order valence-electron chi connectivity index (χ3n) is 4.87. The van der Waals surface area contributed by atoms with Crippen molar-refractivity contribution in [3.05, 3.63) is 50.6 Å². The SMILES string of the molecule is O=C(O)CNC(=O)CNC(=O)CN1C(=O)/C(=C/c2cc(-c3cc(C(F)(F)F)cc(C(F)(F)F)c3)cs2)SC1=S. The molecule has 3 amide bonds. The fourth-order valence-corrected chi connectivity index (χ4v) is 5.25. The Kier molecular flexibility index (Phi) is 9.07. The second-order valence-corrected chi connectivity index (χ2v) is 10.4. The van der Waals surface area contributed by atoms with Crippen LogP contribution < -0.4 is 10.6 Å². The number of hydrogen-bond donors (Lipinski definition) is 3. The Balaban J connectivity index is 1.73. The van der Waals surface area contributed by atoms with Crippen LogP contribution in [0.15, 0.2) is 34.6 Å². The molecule has 1 aromatic carbocycles. The molecule has 1 saturated heterocycles. The van der Waals surface area contributed by atoms with Gasteiger partial charge in [0.15, 0.2) is 0 Å². The van der Waals surface area contributed by atoms with Gasteiger partial charge in [0, 0.05) is 4.88 Å². The number of halogens is 6. The number of thiocarbonyl (C=S) groups is 1. The predicted molar refractivity (Wildman–Crippen MR) is 133 cm³/mol. The van der Waals surface area contributed by atoms with Crippen LogP contribution in [0.2, 0.25) is 0 Å². The third kappa shape index (κ3) is 8.03. The van der Waals surface area contributed by atoms with Crippen molar-refractivity contribution >= 4 is 69.4 Å². The molecule has 1 aromatic heterocycles. The summed E-state index contributed by atoms with van der Waals surface area (Å²) in [6, 6.07) is 2.54. The maximum Gasteiger partial charge on any atom is 0.416 e. The number of alkyl halides is 6. The van der Waals surface area contributed by atoms with Crippen LogP contribution in [0.25, 0.3) is 17.2 Å². The molecule has 0 saturated carbocycles. The Morgan fingerprint density at radius 3 is 2.08 bits per heavy atom. The number of carbonyl (C=O) groups is 4. The number of benzene rings is 1. The fraction of sp³-hybridized carbons (Fsp3) is 0.227. The maximum atomic E-state index is 13.2. The summed E-state index contributed by atoms with van der Waals surface area (Å²) in [7, 11) is 0. The van der Waals surface area contributed by atoms with E-state index >= 15 is 0 Å². The Bertz CT molecular complexity index is 1340. The van der Waals surface area contributed by atoms with Gasteiger partial charge in [-0.2, -0.15) is 26.3 Å². The number of hydrogen-bond acceptors (Lipinski definition) is 7. The summed E-state index contributed by atoms with van der Waals surface area (Å²) in [5.41, 5.74) is -3.17. The van der Waals surface area contributed by atoms with Crippen LogP contribution in [-0.2, 0) is 31.5 Å². The normalized spacial score (nSPS) is 15.1. The fourth-order valence-electron chi connectivity index (χ4n) is 3.08. The van der Waals surface area contributed by atoms with Crippen molar-refractivity contribution in [3.63, 3.8) is 0 Å². The van der Waals surface area contributed by atoms with Crippen LogP contribution in [0, 0.1) is 0 Å². The zero-order chi connectivity index (χ0) is 29.1. The highest BCUT2D eigenvalue weighted by Gasteiger charge is 2.37. The van der Waals surface area contributed by atoms with Crippen LogP contribution in [0.3, 0.4) is 0 Å². The van der Waals surface area contributed by atoms with E-state index in [0.717, 1.165) is 28.0 Å². The lowest BCUT2D eigenvalue weighted by molar-refractivity contribution is -0.143. The van der Waals surface area contributed by atoms with E-state index in [1.165, 1.54) is 17.5 Å². The van der Waals surface area contributed by atoms with Crippen LogP contribution in [0.4, 0.5) is 26.3 Å². The number of rotatable bonds is 8. The molecular formula is C22H15F6N3O5S3. The topological polar surface area (TPSA) is 116 Å². The highest BCUT2D eigenvalue weighted by atomic mass is 32.2. The second kappa shape index (κ2) is 11.7. The van der Waals surface area contributed by atoms with Gasteiger partial charge in [0.25, 0.3) is 5.91 Å². The molecular weight excluding hydrogens is 596 g/mol. The number of amides is 3. The van der Waals surface area contributed by atoms with Gasteiger partial charge in [-0.15, -0.1) is 11.3 Å². The lowest BCUT2D eigenvalue weighted by atomic mass is 10.0. The smallest absolute Gasteiger partial charge is 0.416 e. The van der Waals surface area contributed by atoms with Gasteiger partial charge in [-0.3, -0.25) is 24.1 Å². The Labute approximate surface area is 229 Å². The van der Waals surface area contributed by atoms with E-state index in [1.807, 2.05) is 5.32 Å². The van der Waals surface area contributed by atoms with Crippen molar-refractivity contribution in [2.24, 2.45) is 0 Å². The van der Waals surface area contributed by atoms with Gasteiger partial charge in [-0.1, -0.05) is 24.0 Å². The van der Waals surface area contributed by atoms with Crippen LogP contribution in [-0.4, -0.2) is 57.7 Å². The number of thiophene rings is 1. The summed E-state index contributed by atoms with van der Waals surface area (Å²) in [6.45, 7) is -1.73. The van der Waals surface area contributed by atoms with Crippen molar-refractivity contribution in [3.8, 4) is 11.1 Å². The Morgan fingerprint density at radius 2 is 1.51 bits per heavy atom. The summed E-state index contributed by atoms with van der Waals surface area (Å²) in [6.07, 6.45) is -8.67. The maximum absolute atomic E-state index is 13.2. The van der Waals surface area contributed by atoms with Gasteiger partial charge in [0.05, 0.1) is 22.6 Å². The molecule has 0 spiro atoms. The summed E-state index contributed by atoms with van der Waals surface area (Å²) < 4.78 is 79.1. The molecule has 208 valence electrons. The number of thioether (sulfide) groups is 1. The van der Waals surface area contributed by atoms with Crippen LogP contribution >= 0.6 is 35.3 Å². The zero-order valence-corrected chi connectivity index (χ0v) is 21.6. The van der Waals surface area contributed by atoms with Gasteiger partial charge in [-0.25, -0.2) is 0 Å². The van der Waals surface area contributed by atoms with Crippen molar-refractivity contribution in [1.29, 1.82) is 0 Å². The minimum atomic E-state index is -5.00.